The summed E-state index contributed by atoms with van der Waals surface area (Å²) in [5, 5.41) is 10.4. The lowest BCUT2D eigenvalue weighted by atomic mass is 10.3. The number of aromatic nitrogens is 3. The molecule has 3 rings (SSSR count). The number of benzene rings is 1. The molecule has 0 aliphatic rings. The van der Waals surface area contributed by atoms with E-state index in [1.807, 2.05) is 12.1 Å². The summed E-state index contributed by atoms with van der Waals surface area (Å²) in [5.74, 6) is 1.41. The van der Waals surface area contributed by atoms with Crippen LogP contribution < -0.4 is 14.8 Å². The molecule has 116 valence electrons. The van der Waals surface area contributed by atoms with Gasteiger partial charge in [-0.05, 0) is 30.3 Å². The normalized spacial score (nSPS) is 10.1. The molecule has 8 heteroatoms. The molecule has 0 atom stereocenters. The van der Waals surface area contributed by atoms with E-state index >= 15 is 0 Å². The van der Waals surface area contributed by atoms with Gasteiger partial charge in [0.2, 0.25) is 11.0 Å². The van der Waals surface area contributed by atoms with Crippen LogP contribution in [0.25, 0.3) is 0 Å². The van der Waals surface area contributed by atoms with Crippen LogP contribution in [-0.2, 0) is 4.79 Å². The number of carbonyl (C=O) groups excluding carboxylic acids is 1. The molecule has 0 saturated heterocycles. The fourth-order valence-corrected chi connectivity index (χ4v) is 2.13. The van der Waals surface area contributed by atoms with E-state index in [1.165, 1.54) is 16.8 Å². The zero-order valence-electron chi connectivity index (χ0n) is 11.9. The Balaban J connectivity index is 1.50. The molecule has 1 aromatic carbocycles. The molecule has 3 aromatic rings. The Morgan fingerprint density at radius 3 is 2.65 bits per heavy atom. The van der Waals surface area contributed by atoms with E-state index in [0.29, 0.717) is 22.5 Å². The highest BCUT2D eigenvalue weighted by molar-refractivity contribution is 7.13. The van der Waals surface area contributed by atoms with E-state index in [4.69, 9.17) is 9.47 Å². The monoisotopic (exact) mass is 328 g/mol. The molecule has 0 bridgehead atoms. The third-order valence-corrected chi connectivity index (χ3v) is 3.27. The zero-order chi connectivity index (χ0) is 15.9. The molecule has 0 aliphatic carbocycles. The van der Waals surface area contributed by atoms with Crippen LogP contribution in [0.3, 0.4) is 0 Å². The maximum Gasteiger partial charge on any atom is 0.264 e. The van der Waals surface area contributed by atoms with Crippen molar-refractivity contribution < 1.29 is 14.3 Å². The largest absolute Gasteiger partial charge is 0.484 e. The highest BCUT2D eigenvalue weighted by atomic mass is 32.1. The lowest BCUT2D eigenvalue weighted by Crippen LogP contribution is -2.20. The van der Waals surface area contributed by atoms with Crippen molar-refractivity contribution in [2.24, 2.45) is 0 Å². The molecule has 2 aromatic heterocycles. The minimum absolute atomic E-state index is 0.111. The van der Waals surface area contributed by atoms with E-state index in [0.717, 1.165) is 0 Å². The molecule has 7 nitrogen and oxygen atoms in total. The van der Waals surface area contributed by atoms with Crippen molar-refractivity contribution >= 4 is 22.4 Å². The summed E-state index contributed by atoms with van der Waals surface area (Å²) < 4.78 is 11.0. The summed E-state index contributed by atoms with van der Waals surface area (Å²) in [6.45, 7) is -0.111. The van der Waals surface area contributed by atoms with Crippen molar-refractivity contribution in [1.29, 1.82) is 0 Å². The maximum atomic E-state index is 11.7. The van der Waals surface area contributed by atoms with Gasteiger partial charge in [0.25, 0.3) is 5.91 Å². The van der Waals surface area contributed by atoms with Gasteiger partial charge in [-0.25, -0.2) is 4.98 Å². The highest BCUT2D eigenvalue weighted by Crippen LogP contribution is 2.22. The van der Waals surface area contributed by atoms with E-state index in [1.54, 1.807) is 36.5 Å². The van der Waals surface area contributed by atoms with Crippen molar-refractivity contribution in [2.45, 2.75) is 0 Å². The van der Waals surface area contributed by atoms with Crippen molar-refractivity contribution in [3.63, 3.8) is 0 Å². The first-order valence-electron chi connectivity index (χ1n) is 6.67. The molecule has 2 heterocycles. The van der Waals surface area contributed by atoms with Crippen molar-refractivity contribution in [1.82, 2.24) is 15.2 Å². The molecular weight excluding hydrogens is 316 g/mol. The fourth-order valence-electron chi connectivity index (χ4n) is 1.66. The number of hydrogen-bond donors (Lipinski definition) is 1. The number of carbonyl (C=O) groups is 1. The molecule has 23 heavy (non-hydrogen) atoms. The Morgan fingerprint density at radius 1 is 1.13 bits per heavy atom. The Labute approximate surface area is 135 Å². The first kappa shape index (κ1) is 14.9. The minimum atomic E-state index is -0.296. The molecule has 1 amide bonds. The number of nitrogens with zero attached hydrogens (tertiary/aromatic N) is 3. The molecule has 0 fully saturated rings. The second-order valence-electron chi connectivity index (χ2n) is 4.32. The zero-order valence-corrected chi connectivity index (χ0v) is 12.7. The van der Waals surface area contributed by atoms with E-state index in [9.17, 15) is 4.79 Å². The first-order chi connectivity index (χ1) is 11.3. The standard InChI is InChI=1S/C15H12N4O3S/c20-13(18-15-19-17-10-23-15)9-21-11-4-6-12(7-5-11)22-14-3-1-2-8-16-14/h1-8,10H,9H2,(H,18,19,20). The predicted octanol–water partition coefficient (Wildman–Crippen LogP) is 2.74. The molecule has 0 radical (unpaired) electrons. The Kier molecular flexibility index (Phi) is 4.75. The second kappa shape index (κ2) is 7.32. The third kappa shape index (κ3) is 4.48. The molecule has 0 aliphatic heterocycles. The van der Waals surface area contributed by atoms with Gasteiger partial charge in [-0.3, -0.25) is 10.1 Å². The summed E-state index contributed by atoms with van der Waals surface area (Å²) >= 11 is 1.24. The van der Waals surface area contributed by atoms with Gasteiger partial charge in [-0.15, -0.1) is 10.2 Å². The van der Waals surface area contributed by atoms with Gasteiger partial charge in [0.05, 0.1) is 0 Å². The van der Waals surface area contributed by atoms with Gasteiger partial charge in [-0.1, -0.05) is 17.4 Å². The quantitative estimate of drug-likeness (QED) is 0.749. The van der Waals surface area contributed by atoms with E-state index in [-0.39, 0.29) is 12.5 Å². The van der Waals surface area contributed by atoms with Crippen LogP contribution in [0, 0.1) is 0 Å². The molecule has 0 unspecified atom stereocenters. The molecular formula is C15H12N4O3S. The Bertz CT molecular complexity index is 748. The number of anilines is 1. The molecule has 1 N–H and O–H groups in total. The summed E-state index contributed by atoms with van der Waals surface area (Å²) in [4.78, 5) is 15.7. The van der Waals surface area contributed by atoms with E-state index in [2.05, 4.69) is 20.5 Å². The topological polar surface area (TPSA) is 86.2 Å². The van der Waals surface area contributed by atoms with Crippen LogP contribution in [0.2, 0.25) is 0 Å². The lowest BCUT2D eigenvalue weighted by molar-refractivity contribution is -0.118. The average molecular weight is 328 g/mol. The number of rotatable bonds is 6. The number of hydrogen-bond acceptors (Lipinski definition) is 7. The van der Waals surface area contributed by atoms with Gasteiger partial charge in [0.1, 0.15) is 17.0 Å². The van der Waals surface area contributed by atoms with Crippen LogP contribution in [0.1, 0.15) is 0 Å². The number of pyridine rings is 1. The van der Waals surface area contributed by atoms with E-state index < -0.39 is 0 Å². The minimum Gasteiger partial charge on any atom is -0.484 e. The lowest BCUT2D eigenvalue weighted by Gasteiger charge is -2.07. The summed E-state index contributed by atoms with van der Waals surface area (Å²) in [5.41, 5.74) is 1.54. The number of ether oxygens (including phenoxy) is 2. The number of amides is 1. The van der Waals surface area contributed by atoms with Crippen molar-refractivity contribution in [2.75, 3.05) is 11.9 Å². The van der Waals surface area contributed by atoms with Gasteiger partial charge >= 0.3 is 0 Å². The van der Waals surface area contributed by atoms with Gasteiger partial charge in [0.15, 0.2) is 6.61 Å². The third-order valence-electron chi connectivity index (χ3n) is 2.66. The average Bonchev–Trinajstić information content (AvgIpc) is 3.08. The van der Waals surface area contributed by atoms with Crippen molar-refractivity contribution in [3.8, 4) is 17.4 Å². The van der Waals surface area contributed by atoms with Crippen LogP contribution in [0.5, 0.6) is 17.4 Å². The van der Waals surface area contributed by atoms with Gasteiger partial charge in [0, 0.05) is 12.3 Å². The first-order valence-corrected chi connectivity index (χ1v) is 7.55. The second-order valence-corrected chi connectivity index (χ2v) is 5.16. The Hall–Kier alpha value is -3.00. The van der Waals surface area contributed by atoms with Crippen LogP contribution in [0.15, 0.2) is 54.2 Å². The van der Waals surface area contributed by atoms with Crippen LogP contribution in [0.4, 0.5) is 5.13 Å². The van der Waals surface area contributed by atoms with Crippen molar-refractivity contribution in [3.05, 3.63) is 54.2 Å². The fraction of sp³-hybridized carbons (Fsp3) is 0.0667. The summed E-state index contributed by atoms with van der Waals surface area (Å²) in [6, 6.07) is 12.3. The predicted molar refractivity (Wildman–Crippen MR) is 84.8 cm³/mol. The Morgan fingerprint density at radius 2 is 1.96 bits per heavy atom. The van der Waals surface area contributed by atoms with Gasteiger partial charge in [-0.2, -0.15) is 0 Å². The maximum absolute atomic E-state index is 11.7. The summed E-state index contributed by atoms with van der Waals surface area (Å²) in [7, 11) is 0. The number of nitrogens with one attached hydrogen (secondary N) is 1. The van der Waals surface area contributed by atoms with Crippen LogP contribution in [-0.4, -0.2) is 27.7 Å². The summed E-state index contributed by atoms with van der Waals surface area (Å²) in [6.07, 6.45) is 1.66. The molecule has 0 saturated carbocycles. The smallest absolute Gasteiger partial charge is 0.264 e. The highest BCUT2D eigenvalue weighted by Gasteiger charge is 2.06. The SMILES string of the molecule is O=C(COc1ccc(Oc2ccccn2)cc1)Nc1nncs1. The van der Waals surface area contributed by atoms with Crippen LogP contribution >= 0.6 is 11.3 Å². The molecule has 0 spiro atoms. The van der Waals surface area contributed by atoms with Gasteiger partial charge < -0.3 is 9.47 Å².